The predicted octanol–water partition coefficient (Wildman–Crippen LogP) is 2.11. The average Bonchev–Trinajstić information content (AvgIpc) is 2.64. The summed E-state index contributed by atoms with van der Waals surface area (Å²) in [6.07, 6.45) is 6.26. The van der Waals surface area contributed by atoms with Gasteiger partial charge >= 0.3 is 0 Å². The van der Waals surface area contributed by atoms with Crippen LogP contribution in [-0.2, 0) is 4.74 Å². The first-order valence-electron chi connectivity index (χ1n) is 5.38. The van der Waals surface area contributed by atoms with Crippen molar-refractivity contribution in [2.24, 2.45) is 0 Å². The van der Waals surface area contributed by atoms with E-state index in [-0.39, 0.29) is 0 Å². The van der Waals surface area contributed by atoms with Gasteiger partial charge < -0.3 is 10.1 Å². The van der Waals surface area contributed by atoms with E-state index in [1.165, 1.54) is 18.4 Å². The van der Waals surface area contributed by atoms with E-state index < -0.39 is 0 Å². The van der Waals surface area contributed by atoms with Crippen molar-refractivity contribution in [2.45, 2.75) is 39.2 Å². The molecule has 2 heteroatoms. The summed E-state index contributed by atoms with van der Waals surface area (Å²) in [5.74, 6) is 0. The highest BCUT2D eigenvalue weighted by Gasteiger charge is 2.12. The molecule has 0 spiro atoms. The van der Waals surface area contributed by atoms with Crippen molar-refractivity contribution < 1.29 is 4.74 Å². The number of rotatable bonds is 5. The van der Waals surface area contributed by atoms with Gasteiger partial charge in [0.05, 0.1) is 6.10 Å². The van der Waals surface area contributed by atoms with Crippen LogP contribution in [0.25, 0.3) is 0 Å². The van der Waals surface area contributed by atoms with Gasteiger partial charge in [-0.2, -0.15) is 0 Å². The van der Waals surface area contributed by atoms with E-state index in [1.54, 1.807) is 0 Å². The molecule has 0 aromatic rings. The van der Waals surface area contributed by atoms with Crippen LogP contribution in [0.3, 0.4) is 0 Å². The van der Waals surface area contributed by atoms with Gasteiger partial charge in [-0.15, -0.1) is 0 Å². The Bertz CT molecular complexity index is 159. The third kappa shape index (κ3) is 3.92. The number of nitrogens with one attached hydrogen (secondary N) is 1. The fraction of sp³-hybridized carbons (Fsp3) is 0.818. The Balaban J connectivity index is 2.33. The molecule has 1 rings (SSSR count). The summed E-state index contributed by atoms with van der Waals surface area (Å²) in [5.41, 5.74) is 1.48. The SMILES string of the molecule is CCNC/C(=C\C1CCCO1)CC. The number of likely N-dealkylation sites (N-methyl/N-ethyl adjacent to an activating group) is 1. The van der Waals surface area contributed by atoms with Crippen LogP contribution in [0.4, 0.5) is 0 Å². The maximum absolute atomic E-state index is 5.56. The van der Waals surface area contributed by atoms with Crippen LogP contribution < -0.4 is 5.32 Å². The minimum Gasteiger partial charge on any atom is -0.374 e. The summed E-state index contributed by atoms with van der Waals surface area (Å²) in [7, 11) is 0. The summed E-state index contributed by atoms with van der Waals surface area (Å²) in [6, 6.07) is 0. The molecule has 1 saturated heterocycles. The first kappa shape index (κ1) is 10.7. The van der Waals surface area contributed by atoms with Crippen LogP contribution in [0.15, 0.2) is 11.6 Å². The molecule has 0 aromatic heterocycles. The van der Waals surface area contributed by atoms with Gasteiger partial charge in [-0.1, -0.05) is 25.5 Å². The Kier molecular flexibility index (Phi) is 5.09. The molecule has 1 aliphatic heterocycles. The Morgan fingerprint density at radius 3 is 2.92 bits per heavy atom. The Morgan fingerprint density at radius 1 is 1.54 bits per heavy atom. The molecule has 1 unspecified atom stereocenters. The number of ether oxygens (including phenoxy) is 1. The first-order chi connectivity index (χ1) is 6.36. The van der Waals surface area contributed by atoms with Crippen LogP contribution in [-0.4, -0.2) is 25.8 Å². The summed E-state index contributed by atoms with van der Waals surface area (Å²) in [6.45, 7) is 7.35. The molecular weight excluding hydrogens is 162 g/mol. The molecule has 1 fully saturated rings. The van der Waals surface area contributed by atoms with Crippen molar-refractivity contribution in [3.05, 3.63) is 11.6 Å². The van der Waals surface area contributed by atoms with Gasteiger partial charge in [-0.25, -0.2) is 0 Å². The molecule has 0 bridgehead atoms. The zero-order chi connectivity index (χ0) is 9.52. The van der Waals surface area contributed by atoms with Crippen LogP contribution in [0.1, 0.15) is 33.1 Å². The first-order valence-corrected chi connectivity index (χ1v) is 5.38. The van der Waals surface area contributed by atoms with E-state index in [0.717, 1.165) is 26.1 Å². The number of hydrogen-bond acceptors (Lipinski definition) is 2. The molecule has 2 nitrogen and oxygen atoms in total. The summed E-state index contributed by atoms with van der Waals surface area (Å²) in [4.78, 5) is 0. The largest absolute Gasteiger partial charge is 0.374 e. The van der Waals surface area contributed by atoms with Gasteiger partial charge in [0.2, 0.25) is 0 Å². The minimum absolute atomic E-state index is 0.397. The average molecular weight is 183 g/mol. The van der Waals surface area contributed by atoms with Gasteiger partial charge in [0.15, 0.2) is 0 Å². The maximum atomic E-state index is 5.56. The van der Waals surface area contributed by atoms with E-state index in [0.29, 0.717) is 6.10 Å². The van der Waals surface area contributed by atoms with Crippen molar-refractivity contribution in [3.8, 4) is 0 Å². The molecule has 1 heterocycles. The van der Waals surface area contributed by atoms with Crippen molar-refractivity contribution in [3.63, 3.8) is 0 Å². The van der Waals surface area contributed by atoms with Crippen molar-refractivity contribution in [1.82, 2.24) is 5.32 Å². The third-order valence-corrected chi connectivity index (χ3v) is 2.44. The van der Waals surface area contributed by atoms with Gasteiger partial charge in [-0.3, -0.25) is 0 Å². The highest BCUT2D eigenvalue weighted by molar-refractivity contribution is 5.07. The number of hydrogen-bond donors (Lipinski definition) is 1. The lowest BCUT2D eigenvalue weighted by atomic mass is 10.1. The van der Waals surface area contributed by atoms with Gasteiger partial charge in [0, 0.05) is 13.2 Å². The minimum atomic E-state index is 0.397. The quantitative estimate of drug-likeness (QED) is 0.659. The second-order valence-electron chi connectivity index (χ2n) is 3.51. The normalized spacial score (nSPS) is 23.8. The van der Waals surface area contributed by atoms with E-state index in [4.69, 9.17) is 4.74 Å². The van der Waals surface area contributed by atoms with Crippen LogP contribution in [0.5, 0.6) is 0 Å². The summed E-state index contributed by atoms with van der Waals surface area (Å²) >= 11 is 0. The Morgan fingerprint density at radius 2 is 2.38 bits per heavy atom. The van der Waals surface area contributed by atoms with Crippen molar-refractivity contribution in [2.75, 3.05) is 19.7 Å². The van der Waals surface area contributed by atoms with Gasteiger partial charge in [0.1, 0.15) is 0 Å². The summed E-state index contributed by atoms with van der Waals surface area (Å²) < 4.78 is 5.56. The van der Waals surface area contributed by atoms with E-state index >= 15 is 0 Å². The van der Waals surface area contributed by atoms with E-state index in [1.807, 2.05) is 0 Å². The van der Waals surface area contributed by atoms with Gasteiger partial charge in [0.25, 0.3) is 0 Å². The molecule has 1 N–H and O–H groups in total. The molecule has 0 radical (unpaired) electrons. The third-order valence-electron chi connectivity index (χ3n) is 2.44. The molecule has 0 aliphatic carbocycles. The van der Waals surface area contributed by atoms with E-state index in [2.05, 4.69) is 25.2 Å². The van der Waals surface area contributed by atoms with Crippen molar-refractivity contribution >= 4 is 0 Å². The highest BCUT2D eigenvalue weighted by Crippen LogP contribution is 2.15. The molecule has 13 heavy (non-hydrogen) atoms. The second kappa shape index (κ2) is 6.17. The second-order valence-corrected chi connectivity index (χ2v) is 3.51. The van der Waals surface area contributed by atoms with Crippen LogP contribution in [0.2, 0.25) is 0 Å². The fourth-order valence-electron chi connectivity index (χ4n) is 1.58. The zero-order valence-electron chi connectivity index (χ0n) is 8.81. The van der Waals surface area contributed by atoms with Crippen molar-refractivity contribution in [1.29, 1.82) is 0 Å². The maximum Gasteiger partial charge on any atom is 0.0759 e. The lowest BCUT2D eigenvalue weighted by Crippen LogP contribution is -2.17. The topological polar surface area (TPSA) is 21.3 Å². The fourth-order valence-corrected chi connectivity index (χ4v) is 1.58. The lowest BCUT2D eigenvalue weighted by Gasteiger charge is -2.09. The smallest absolute Gasteiger partial charge is 0.0759 e. The summed E-state index contributed by atoms with van der Waals surface area (Å²) in [5, 5.41) is 3.35. The predicted molar refractivity (Wildman–Crippen MR) is 55.9 cm³/mol. The van der Waals surface area contributed by atoms with E-state index in [9.17, 15) is 0 Å². The van der Waals surface area contributed by atoms with Crippen LogP contribution in [0, 0.1) is 0 Å². The molecule has 76 valence electrons. The molecular formula is C11H21NO. The monoisotopic (exact) mass is 183 g/mol. The molecule has 0 amide bonds. The Labute approximate surface area is 81.4 Å². The lowest BCUT2D eigenvalue weighted by molar-refractivity contribution is 0.145. The molecule has 1 atom stereocenters. The standard InChI is InChI=1S/C11H21NO/c1-3-10(9-12-4-2)8-11-6-5-7-13-11/h8,11-12H,3-7,9H2,1-2H3/b10-8-. The highest BCUT2D eigenvalue weighted by atomic mass is 16.5. The Hall–Kier alpha value is -0.340. The van der Waals surface area contributed by atoms with Crippen LogP contribution >= 0.6 is 0 Å². The van der Waals surface area contributed by atoms with Gasteiger partial charge in [-0.05, 0) is 25.8 Å². The zero-order valence-corrected chi connectivity index (χ0v) is 8.81. The molecule has 0 aromatic carbocycles. The molecule has 0 saturated carbocycles. The molecule has 1 aliphatic rings.